The van der Waals surface area contributed by atoms with Crippen molar-refractivity contribution in [3.8, 4) is 22.8 Å². The summed E-state index contributed by atoms with van der Waals surface area (Å²) in [6, 6.07) is 4.08. The molecule has 1 aliphatic rings. The number of carboxylic acids is 1. The third-order valence-electron chi connectivity index (χ3n) is 6.67. The van der Waals surface area contributed by atoms with Crippen LogP contribution in [-0.4, -0.2) is 58.1 Å². The molecule has 0 radical (unpaired) electrons. The van der Waals surface area contributed by atoms with Crippen LogP contribution in [0.3, 0.4) is 0 Å². The molecule has 8 nitrogen and oxygen atoms in total. The summed E-state index contributed by atoms with van der Waals surface area (Å²) in [5, 5.41) is 18.1. The number of aliphatic hydroxyl groups is 1. The largest absolute Gasteiger partial charge is 0.490 e. The number of aryl methyl sites for hydroxylation is 1. The number of aromatic nitrogens is 2. The third-order valence-corrected chi connectivity index (χ3v) is 6.67. The van der Waals surface area contributed by atoms with Crippen molar-refractivity contribution >= 4 is 11.7 Å². The van der Waals surface area contributed by atoms with Crippen LogP contribution in [0.1, 0.15) is 58.7 Å². The molecule has 0 bridgehead atoms. The number of halogens is 3. The second-order valence-electron chi connectivity index (χ2n) is 12.3. The van der Waals surface area contributed by atoms with Crippen molar-refractivity contribution in [3.05, 3.63) is 65.4 Å². The Morgan fingerprint density at radius 3 is 2.12 bits per heavy atom. The van der Waals surface area contributed by atoms with Gasteiger partial charge in [-0.1, -0.05) is 13.8 Å². The third kappa shape index (κ3) is 10.4. The van der Waals surface area contributed by atoms with Gasteiger partial charge in [0.25, 0.3) is 5.88 Å². The molecule has 0 atom stereocenters. The molecule has 0 unspecified atom stereocenters. The maximum atomic E-state index is 15.0. The Labute approximate surface area is 250 Å². The molecule has 0 aliphatic carbocycles. The zero-order valence-corrected chi connectivity index (χ0v) is 25.5. The van der Waals surface area contributed by atoms with Crippen molar-refractivity contribution in [1.82, 2.24) is 9.97 Å². The predicted octanol–water partition coefficient (Wildman–Crippen LogP) is 6.36. The Kier molecular flexibility index (Phi) is 11.0. The van der Waals surface area contributed by atoms with Gasteiger partial charge in [-0.15, -0.1) is 0 Å². The molecule has 4 rings (SSSR count). The number of hydrogen-bond donors (Lipinski definition) is 2. The van der Waals surface area contributed by atoms with E-state index in [0.29, 0.717) is 22.4 Å². The van der Waals surface area contributed by atoms with Crippen LogP contribution in [0.4, 0.5) is 18.9 Å². The summed E-state index contributed by atoms with van der Waals surface area (Å²) in [7, 11) is 0. The fourth-order valence-corrected chi connectivity index (χ4v) is 4.49. The van der Waals surface area contributed by atoms with Gasteiger partial charge in [-0.2, -0.15) is 0 Å². The van der Waals surface area contributed by atoms with Crippen LogP contribution in [0.25, 0.3) is 11.1 Å². The van der Waals surface area contributed by atoms with E-state index in [-0.39, 0.29) is 36.7 Å². The molecule has 11 heteroatoms. The van der Waals surface area contributed by atoms with Gasteiger partial charge in [0.05, 0.1) is 17.7 Å². The van der Waals surface area contributed by atoms with Crippen molar-refractivity contribution in [2.75, 3.05) is 31.2 Å². The van der Waals surface area contributed by atoms with Gasteiger partial charge in [0, 0.05) is 66.1 Å². The van der Waals surface area contributed by atoms with Gasteiger partial charge < -0.3 is 24.6 Å². The lowest BCUT2D eigenvalue weighted by Crippen LogP contribution is -2.38. The lowest BCUT2D eigenvalue weighted by molar-refractivity contribution is -0.136. The van der Waals surface area contributed by atoms with Gasteiger partial charge in [-0.3, -0.25) is 9.78 Å². The molecule has 3 heterocycles. The van der Waals surface area contributed by atoms with Crippen molar-refractivity contribution in [1.29, 1.82) is 0 Å². The fraction of sp³-hybridized carbons (Fsp3) is 0.469. The molecule has 1 fully saturated rings. The molecule has 1 aromatic carbocycles. The normalized spacial score (nSPS) is 14.5. The lowest BCUT2D eigenvalue weighted by atomic mass is 9.82. The predicted molar refractivity (Wildman–Crippen MR) is 158 cm³/mol. The Balaban J connectivity index is 0.000000934. The number of piperidine rings is 1. The minimum absolute atomic E-state index is 0.00690. The van der Waals surface area contributed by atoms with Crippen LogP contribution in [0.5, 0.6) is 11.6 Å². The molecular formula is C32H40F3N3O5. The van der Waals surface area contributed by atoms with E-state index in [0.717, 1.165) is 49.8 Å². The van der Waals surface area contributed by atoms with E-state index in [1.165, 1.54) is 12.3 Å². The highest BCUT2D eigenvalue weighted by Crippen LogP contribution is 2.40. The summed E-state index contributed by atoms with van der Waals surface area (Å²) in [6.45, 7) is 12.7. The first-order chi connectivity index (χ1) is 20.0. The SMILES string of the molecule is CC(C)(C)O.Cc1ncc(-c2cnc(OCCOc3cc(F)cc(F)c3)c(F)c2)c(N2CCC(C)(C)CC2)c1CC(=O)O. The maximum absolute atomic E-state index is 15.0. The molecule has 1 saturated heterocycles. The summed E-state index contributed by atoms with van der Waals surface area (Å²) in [5.74, 6) is -3.49. The van der Waals surface area contributed by atoms with Gasteiger partial charge in [-0.25, -0.2) is 18.2 Å². The van der Waals surface area contributed by atoms with Crippen molar-refractivity contribution < 1.29 is 37.7 Å². The second-order valence-corrected chi connectivity index (χ2v) is 12.3. The monoisotopic (exact) mass is 603 g/mol. The first-order valence-corrected chi connectivity index (χ1v) is 14.1. The molecule has 43 heavy (non-hydrogen) atoms. The van der Waals surface area contributed by atoms with Crippen LogP contribution < -0.4 is 14.4 Å². The zero-order valence-electron chi connectivity index (χ0n) is 25.5. The average Bonchev–Trinajstić information content (AvgIpc) is 2.87. The number of hydrogen-bond acceptors (Lipinski definition) is 7. The molecule has 2 aromatic heterocycles. The summed E-state index contributed by atoms with van der Waals surface area (Å²) in [6.07, 6.45) is 4.75. The topological polar surface area (TPSA) is 105 Å². The van der Waals surface area contributed by atoms with E-state index >= 15 is 4.39 Å². The number of carbonyl (C=O) groups is 1. The van der Waals surface area contributed by atoms with Crippen LogP contribution >= 0.6 is 0 Å². The minimum Gasteiger partial charge on any atom is -0.490 e. The first-order valence-electron chi connectivity index (χ1n) is 14.1. The Morgan fingerprint density at radius 2 is 1.56 bits per heavy atom. The minimum atomic E-state index is -0.970. The van der Waals surface area contributed by atoms with Crippen LogP contribution in [0.15, 0.2) is 36.7 Å². The highest BCUT2D eigenvalue weighted by Gasteiger charge is 2.29. The summed E-state index contributed by atoms with van der Waals surface area (Å²) < 4.78 is 52.2. The van der Waals surface area contributed by atoms with Crippen LogP contribution in [0, 0.1) is 29.8 Å². The van der Waals surface area contributed by atoms with Gasteiger partial charge in [0.2, 0.25) is 0 Å². The number of anilines is 1. The van der Waals surface area contributed by atoms with Gasteiger partial charge in [0.1, 0.15) is 30.6 Å². The number of benzene rings is 1. The number of ether oxygens (including phenoxy) is 2. The number of nitrogens with zero attached hydrogens (tertiary/aromatic N) is 3. The lowest BCUT2D eigenvalue weighted by Gasteiger charge is -2.40. The quantitative estimate of drug-likeness (QED) is 0.273. The van der Waals surface area contributed by atoms with E-state index in [4.69, 9.17) is 14.6 Å². The molecule has 3 aromatic rings. The average molecular weight is 604 g/mol. The van der Waals surface area contributed by atoms with Crippen molar-refractivity contribution in [3.63, 3.8) is 0 Å². The zero-order chi connectivity index (χ0) is 31.9. The summed E-state index contributed by atoms with van der Waals surface area (Å²) in [5.41, 5.74) is 2.68. The first kappa shape index (κ1) is 33.6. The number of carboxylic acid groups (broad SMARTS) is 1. The second kappa shape index (κ2) is 14.1. The van der Waals surface area contributed by atoms with Gasteiger partial charge in [0.15, 0.2) is 5.82 Å². The number of aliphatic carboxylic acids is 1. The van der Waals surface area contributed by atoms with Gasteiger partial charge >= 0.3 is 5.97 Å². The number of pyridine rings is 2. The van der Waals surface area contributed by atoms with E-state index < -0.39 is 29.0 Å². The molecular weight excluding hydrogens is 563 g/mol. The molecule has 0 saturated carbocycles. The standard InChI is InChI=1S/C28H30F3N3O4.C4H10O/c1-17-22(14-25(35)36)26(34-6-4-28(2,3)5-7-34)23(16-32-17)18-10-24(31)27(33-15-18)38-9-8-37-21-12-19(29)11-20(30)13-21;1-4(2,3)5/h10-13,15-16H,4-9,14H2,1-3H3,(H,35,36);5H,1-3H3. The summed E-state index contributed by atoms with van der Waals surface area (Å²) >= 11 is 0. The van der Waals surface area contributed by atoms with E-state index in [1.807, 2.05) is 0 Å². The maximum Gasteiger partial charge on any atom is 0.307 e. The fourth-order valence-electron chi connectivity index (χ4n) is 4.49. The highest BCUT2D eigenvalue weighted by atomic mass is 19.1. The number of rotatable bonds is 9. The molecule has 0 amide bonds. The van der Waals surface area contributed by atoms with Crippen molar-refractivity contribution in [2.24, 2.45) is 5.41 Å². The van der Waals surface area contributed by atoms with Crippen LogP contribution in [0.2, 0.25) is 0 Å². The molecule has 234 valence electrons. The van der Waals surface area contributed by atoms with E-state index in [1.54, 1.807) is 33.9 Å². The smallest absolute Gasteiger partial charge is 0.307 e. The van der Waals surface area contributed by atoms with Crippen molar-refractivity contribution in [2.45, 2.75) is 66.4 Å². The Hall–Kier alpha value is -3.86. The van der Waals surface area contributed by atoms with E-state index in [9.17, 15) is 18.7 Å². The Bertz CT molecular complexity index is 1390. The molecule has 0 spiro atoms. The molecule has 2 N–H and O–H groups in total. The van der Waals surface area contributed by atoms with Gasteiger partial charge in [-0.05, 0) is 52.0 Å². The van der Waals surface area contributed by atoms with Crippen LogP contribution in [-0.2, 0) is 11.2 Å². The highest BCUT2D eigenvalue weighted by molar-refractivity contribution is 5.84. The Morgan fingerprint density at radius 1 is 0.977 bits per heavy atom. The molecule has 1 aliphatic heterocycles. The van der Waals surface area contributed by atoms with E-state index in [2.05, 4.69) is 28.7 Å². The summed E-state index contributed by atoms with van der Waals surface area (Å²) in [4.78, 5) is 22.3.